The third-order valence-electron chi connectivity index (χ3n) is 3.45. The maximum absolute atomic E-state index is 12.9. The summed E-state index contributed by atoms with van der Waals surface area (Å²) >= 11 is 5.94. The first-order valence-electron chi connectivity index (χ1n) is 6.76. The van der Waals surface area contributed by atoms with E-state index in [1.54, 1.807) is 13.0 Å². The number of nitrogens with zero attached hydrogens (tertiary/aromatic N) is 1. The highest BCUT2D eigenvalue weighted by atomic mass is 35.5. The molecule has 1 aliphatic heterocycles. The second-order valence-electron chi connectivity index (χ2n) is 6.12. The first kappa shape index (κ1) is 16.5. The first-order chi connectivity index (χ1) is 9.53. The Kier molecular flexibility index (Phi) is 4.28. The molecule has 0 aromatic heterocycles. The van der Waals surface area contributed by atoms with Gasteiger partial charge >= 0.3 is 0 Å². The molecule has 7 heteroatoms. The minimum absolute atomic E-state index is 0.159. The van der Waals surface area contributed by atoms with Crippen LogP contribution in [0.2, 0.25) is 5.02 Å². The van der Waals surface area contributed by atoms with Gasteiger partial charge in [-0.25, -0.2) is 8.42 Å². The average Bonchev–Trinajstić information content (AvgIpc) is 2.31. The van der Waals surface area contributed by atoms with Crippen molar-refractivity contribution in [1.82, 2.24) is 4.31 Å². The summed E-state index contributed by atoms with van der Waals surface area (Å²) in [5, 5.41) is 0.363. The standard InChI is InChI=1S/C14H21ClN2O3S/c1-9-5-11(15)12(16)6-13(9)21(18,19)17-7-10(2)20-14(3,4)8-17/h5-6,10H,7-8,16H2,1-4H3. The molecule has 5 nitrogen and oxygen atoms in total. The number of aryl methyl sites for hydroxylation is 1. The molecule has 2 N–H and O–H groups in total. The molecular weight excluding hydrogens is 312 g/mol. The topological polar surface area (TPSA) is 72.6 Å². The third kappa shape index (κ3) is 3.34. The summed E-state index contributed by atoms with van der Waals surface area (Å²) in [7, 11) is -3.62. The highest BCUT2D eigenvalue weighted by molar-refractivity contribution is 7.89. The lowest BCUT2D eigenvalue weighted by Crippen LogP contribution is -2.53. The molecular formula is C14H21ClN2O3S. The molecule has 1 heterocycles. The van der Waals surface area contributed by atoms with Gasteiger partial charge in [0.1, 0.15) is 0 Å². The van der Waals surface area contributed by atoms with Crippen molar-refractivity contribution in [3.8, 4) is 0 Å². The van der Waals surface area contributed by atoms with Crippen molar-refractivity contribution in [2.24, 2.45) is 0 Å². The molecule has 1 atom stereocenters. The lowest BCUT2D eigenvalue weighted by molar-refractivity contribution is -0.109. The monoisotopic (exact) mass is 332 g/mol. The number of ether oxygens (including phenoxy) is 1. The summed E-state index contributed by atoms with van der Waals surface area (Å²) in [6.07, 6.45) is -0.159. The van der Waals surface area contributed by atoms with Gasteiger partial charge in [-0.1, -0.05) is 11.6 Å². The highest BCUT2D eigenvalue weighted by Gasteiger charge is 2.38. The Morgan fingerprint density at radius 3 is 2.62 bits per heavy atom. The van der Waals surface area contributed by atoms with Crippen LogP contribution in [0.25, 0.3) is 0 Å². The summed E-state index contributed by atoms with van der Waals surface area (Å²) < 4.78 is 33.0. The number of nitrogen functional groups attached to an aromatic ring is 1. The maximum atomic E-state index is 12.9. The van der Waals surface area contributed by atoms with Gasteiger partial charge in [-0.3, -0.25) is 0 Å². The number of sulfonamides is 1. The lowest BCUT2D eigenvalue weighted by atomic mass is 10.1. The zero-order valence-electron chi connectivity index (χ0n) is 12.7. The smallest absolute Gasteiger partial charge is 0.243 e. The zero-order chi connectivity index (χ0) is 16.0. The van der Waals surface area contributed by atoms with Crippen LogP contribution in [0.3, 0.4) is 0 Å². The minimum atomic E-state index is -3.62. The number of nitrogens with two attached hydrogens (primary N) is 1. The number of halogens is 1. The van der Waals surface area contributed by atoms with Crippen LogP contribution in [0.5, 0.6) is 0 Å². The maximum Gasteiger partial charge on any atom is 0.243 e. The first-order valence-corrected chi connectivity index (χ1v) is 8.58. The van der Waals surface area contributed by atoms with Gasteiger partial charge < -0.3 is 10.5 Å². The van der Waals surface area contributed by atoms with Gasteiger partial charge in [0.2, 0.25) is 10.0 Å². The van der Waals surface area contributed by atoms with Crippen molar-refractivity contribution < 1.29 is 13.2 Å². The summed E-state index contributed by atoms with van der Waals surface area (Å²) in [5.74, 6) is 0. The molecule has 1 aromatic carbocycles. The summed E-state index contributed by atoms with van der Waals surface area (Å²) in [4.78, 5) is 0.203. The molecule has 1 aromatic rings. The summed E-state index contributed by atoms with van der Waals surface area (Å²) in [6, 6.07) is 3.01. The largest absolute Gasteiger partial charge is 0.397 e. The molecule has 1 fully saturated rings. The van der Waals surface area contributed by atoms with Crippen LogP contribution in [-0.2, 0) is 14.8 Å². The minimum Gasteiger partial charge on any atom is -0.397 e. The molecule has 0 radical (unpaired) electrons. The summed E-state index contributed by atoms with van der Waals surface area (Å²) in [5.41, 5.74) is 6.09. The SMILES string of the molecule is Cc1cc(Cl)c(N)cc1S(=O)(=O)N1CC(C)OC(C)(C)C1. The number of morpholine rings is 1. The van der Waals surface area contributed by atoms with Crippen LogP contribution >= 0.6 is 11.6 Å². The fraction of sp³-hybridized carbons (Fsp3) is 0.571. The van der Waals surface area contributed by atoms with Gasteiger partial charge in [-0.2, -0.15) is 4.31 Å². The predicted molar refractivity (Wildman–Crippen MR) is 84.0 cm³/mol. The Balaban J connectivity index is 2.45. The number of anilines is 1. The zero-order valence-corrected chi connectivity index (χ0v) is 14.3. The van der Waals surface area contributed by atoms with E-state index in [9.17, 15) is 8.42 Å². The molecule has 0 aliphatic carbocycles. The average molecular weight is 333 g/mol. The van der Waals surface area contributed by atoms with Crippen LogP contribution in [0.15, 0.2) is 17.0 Å². The molecule has 0 spiro atoms. The molecule has 0 bridgehead atoms. The van der Waals surface area contributed by atoms with Gasteiger partial charge in [0, 0.05) is 13.1 Å². The number of hydrogen-bond donors (Lipinski definition) is 1. The van der Waals surface area contributed by atoms with E-state index in [2.05, 4.69) is 0 Å². The van der Waals surface area contributed by atoms with Gasteiger partial charge in [-0.15, -0.1) is 0 Å². The Bertz CT molecular complexity index is 658. The van der Waals surface area contributed by atoms with Crippen molar-refractivity contribution in [3.05, 3.63) is 22.7 Å². The second kappa shape index (κ2) is 5.43. The third-order valence-corrected chi connectivity index (χ3v) is 5.73. The number of hydrogen-bond acceptors (Lipinski definition) is 4. The Morgan fingerprint density at radius 1 is 1.43 bits per heavy atom. The van der Waals surface area contributed by atoms with Crippen LogP contribution in [-0.4, -0.2) is 37.5 Å². The molecule has 0 amide bonds. The Labute approximate surface area is 131 Å². The predicted octanol–water partition coefficient (Wildman–Crippen LogP) is 2.42. The van der Waals surface area contributed by atoms with E-state index in [0.717, 1.165) is 0 Å². The van der Waals surface area contributed by atoms with Gasteiger partial charge in [0.05, 0.1) is 27.3 Å². The van der Waals surface area contributed by atoms with Crippen LogP contribution in [0.4, 0.5) is 5.69 Å². The van der Waals surface area contributed by atoms with E-state index < -0.39 is 15.6 Å². The second-order valence-corrected chi connectivity index (χ2v) is 8.44. The summed E-state index contributed by atoms with van der Waals surface area (Å²) in [6.45, 7) is 7.98. The van der Waals surface area contributed by atoms with Gasteiger partial charge in [-0.05, 0) is 45.4 Å². The van der Waals surface area contributed by atoms with Crippen molar-refractivity contribution in [2.45, 2.75) is 44.3 Å². The van der Waals surface area contributed by atoms with E-state index >= 15 is 0 Å². The molecule has 1 saturated heterocycles. The van der Waals surface area contributed by atoms with Crippen LogP contribution in [0.1, 0.15) is 26.3 Å². The van der Waals surface area contributed by atoms with Gasteiger partial charge in [0.25, 0.3) is 0 Å². The number of rotatable bonds is 2. The normalized spacial score (nSPS) is 23.2. The van der Waals surface area contributed by atoms with Crippen molar-refractivity contribution in [3.63, 3.8) is 0 Å². The fourth-order valence-corrected chi connectivity index (χ4v) is 4.79. The molecule has 1 unspecified atom stereocenters. The van der Waals surface area contributed by atoms with Crippen LogP contribution < -0.4 is 5.73 Å². The highest BCUT2D eigenvalue weighted by Crippen LogP contribution is 2.31. The molecule has 118 valence electrons. The fourth-order valence-electron chi connectivity index (χ4n) is 2.66. The van der Waals surface area contributed by atoms with E-state index in [0.29, 0.717) is 23.7 Å². The van der Waals surface area contributed by atoms with E-state index in [4.69, 9.17) is 22.1 Å². The Morgan fingerprint density at radius 2 is 2.05 bits per heavy atom. The van der Waals surface area contributed by atoms with Crippen LogP contribution in [0, 0.1) is 6.92 Å². The number of benzene rings is 1. The van der Waals surface area contributed by atoms with E-state index in [1.165, 1.54) is 10.4 Å². The van der Waals surface area contributed by atoms with E-state index in [1.807, 2.05) is 20.8 Å². The molecule has 0 saturated carbocycles. The van der Waals surface area contributed by atoms with Crippen molar-refractivity contribution in [2.75, 3.05) is 18.8 Å². The molecule has 21 heavy (non-hydrogen) atoms. The van der Waals surface area contributed by atoms with E-state index in [-0.39, 0.29) is 16.7 Å². The molecule has 2 rings (SSSR count). The van der Waals surface area contributed by atoms with Crippen molar-refractivity contribution in [1.29, 1.82) is 0 Å². The Hall–Kier alpha value is -0.820. The van der Waals surface area contributed by atoms with Crippen molar-refractivity contribution >= 4 is 27.3 Å². The lowest BCUT2D eigenvalue weighted by Gasteiger charge is -2.41. The quantitative estimate of drug-likeness (QED) is 0.844. The molecule has 1 aliphatic rings. The van der Waals surface area contributed by atoms with Gasteiger partial charge in [0.15, 0.2) is 0 Å².